The molecule has 1 aromatic rings. The average molecular weight is 291 g/mol. The minimum absolute atomic E-state index is 0.233. The largest absolute Gasteiger partial charge is 0.298 e. The molecule has 0 aromatic heterocycles. The molecule has 1 saturated heterocycles. The molecule has 1 aromatic carbocycles. The van der Waals surface area contributed by atoms with Gasteiger partial charge in [0.15, 0.2) is 0 Å². The summed E-state index contributed by atoms with van der Waals surface area (Å²) in [6, 6.07) is 10.4. The monoisotopic (exact) mass is 291 g/mol. The van der Waals surface area contributed by atoms with Crippen LogP contribution in [0.1, 0.15) is 31.7 Å². The van der Waals surface area contributed by atoms with E-state index in [9.17, 15) is 0 Å². The van der Waals surface area contributed by atoms with Crippen LogP contribution in [0.2, 0.25) is 19.6 Å². The molecule has 4 heteroatoms. The van der Waals surface area contributed by atoms with Gasteiger partial charge in [-0.25, -0.2) is 4.84 Å². The lowest BCUT2D eigenvalue weighted by Crippen LogP contribution is -2.47. The number of rotatable bonds is 3. The zero-order valence-electron chi connectivity index (χ0n) is 13.1. The van der Waals surface area contributed by atoms with Crippen molar-refractivity contribution in [3.63, 3.8) is 0 Å². The third kappa shape index (κ3) is 3.72. The van der Waals surface area contributed by atoms with E-state index in [1.165, 1.54) is 5.56 Å². The van der Waals surface area contributed by atoms with E-state index in [-0.39, 0.29) is 11.5 Å². The van der Waals surface area contributed by atoms with Gasteiger partial charge in [0.2, 0.25) is 8.32 Å². The average Bonchev–Trinajstić information content (AvgIpc) is 2.32. The molecule has 3 nitrogen and oxygen atoms in total. The van der Waals surface area contributed by atoms with Gasteiger partial charge in [-0.3, -0.25) is 4.53 Å². The molecule has 1 fully saturated rings. The van der Waals surface area contributed by atoms with Crippen LogP contribution >= 0.6 is 0 Å². The molecule has 0 aliphatic carbocycles. The summed E-state index contributed by atoms with van der Waals surface area (Å²) >= 11 is 0. The maximum atomic E-state index is 6.03. The number of allylic oxidation sites excluding steroid dienone is 1. The molecular weight excluding hydrogens is 266 g/mol. The van der Waals surface area contributed by atoms with Crippen molar-refractivity contribution in [1.82, 2.24) is 5.23 Å². The van der Waals surface area contributed by atoms with Gasteiger partial charge in [0, 0.05) is 5.92 Å². The Morgan fingerprint density at radius 3 is 2.40 bits per heavy atom. The molecule has 0 amide bonds. The lowest BCUT2D eigenvalue weighted by molar-refractivity contribution is -0.363. The molecular formula is C16H25NO2Si. The summed E-state index contributed by atoms with van der Waals surface area (Å²) in [6.45, 7) is 14.8. The maximum Gasteiger partial charge on any atom is 0.223 e. The summed E-state index contributed by atoms with van der Waals surface area (Å²) in [4.78, 5) is 5.96. The van der Waals surface area contributed by atoms with Gasteiger partial charge in [-0.1, -0.05) is 36.9 Å². The highest BCUT2D eigenvalue weighted by Crippen LogP contribution is 2.41. The molecule has 0 saturated carbocycles. The summed E-state index contributed by atoms with van der Waals surface area (Å²) in [5.74, 6) is 0.233. The van der Waals surface area contributed by atoms with E-state index in [4.69, 9.17) is 9.36 Å². The van der Waals surface area contributed by atoms with Crippen LogP contribution < -0.4 is 0 Å². The summed E-state index contributed by atoms with van der Waals surface area (Å²) in [6.07, 6.45) is 0.904. The number of benzene rings is 1. The van der Waals surface area contributed by atoms with Crippen LogP contribution in [-0.2, 0) is 9.36 Å². The van der Waals surface area contributed by atoms with Gasteiger partial charge >= 0.3 is 0 Å². The second kappa shape index (κ2) is 5.35. The topological polar surface area (TPSA) is 21.7 Å². The Balaban J connectivity index is 2.27. The molecule has 110 valence electrons. The van der Waals surface area contributed by atoms with E-state index in [0.717, 1.165) is 12.1 Å². The summed E-state index contributed by atoms with van der Waals surface area (Å²) in [5.41, 5.74) is 1.89. The molecule has 0 N–H and O–H groups in total. The molecule has 1 aliphatic heterocycles. The van der Waals surface area contributed by atoms with Crippen LogP contribution in [0.15, 0.2) is 42.6 Å². The third-order valence-electron chi connectivity index (χ3n) is 3.22. The molecule has 0 radical (unpaired) electrons. The first-order valence-corrected chi connectivity index (χ1v) is 10.5. The van der Waals surface area contributed by atoms with Gasteiger partial charge in [-0.2, -0.15) is 0 Å². The van der Waals surface area contributed by atoms with Gasteiger partial charge in [-0.15, -0.1) is 5.23 Å². The van der Waals surface area contributed by atoms with E-state index in [2.05, 4.69) is 64.3 Å². The van der Waals surface area contributed by atoms with Crippen LogP contribution in [0.5, 0.6) is 0 Å². The number of hydroxylamine groups is 2. The van der Waals surface area contributed by atoms with E-state index in [0.29, 0.717) is 0 Å². The van der Waals surface area contributed by atoms with Crippen LogP contribution in [0.4, 0.5) is 0 Å². The Labute approximate surface area is 123 Å². The minimum atomic E-state index is -1.74. The van der Waals surface area contributed by atoms with Crippen molar-refractivity contribution in [2.45, 2.75) is 51.4 Å². The second-order valence-electron chi connectivity index (χ2n) is 6.97. The Bertz CT molecular complexity index is 477. The van der Waals surface area contributed by atoms with E-state index in [1.54, 1.807) is 5.23 Å². The second-order valence-corrected chi connectivity index (χ2v) is 11.4. The minimum Gasteiger partial charge on any atom is -0.298 e. The van der Waals surface area contributed by atoms with Crippen molar-refractivity contribution in [1.29, 1.82) is 0 Å². The Morgan fingerprint density at radius 2 is 1.85 bits per heavy atom. The highest BCUT2D eigenvalue weighted by Gasteiger charge is 2.39. The van der Waals surface area contributed by atoms with Crippen molar-refractivity contribution in [2.75, 3.05) is 0 Å². The third-order valence-corrected chi connectivity index (χ3v) is 3.93. The lowest BCUT2D eigenvalue weighted by Gasteiger charge is -2.45. The van der Waals surface area contributed by atoms with Crippen LogP contribution in [0.3, 0.4) is 0 Å². The van der Waals surface area contributed by atoms with Gasteiger partial charge in [0.05, 0.1) is 11.3 Å². The van der Waals surface area contributed by atoms with Gasteiger partial charge < -0.3 is 0 Å². The fourth-order valence-electron chi connectivity index (χ4n) is 2.38. The predicted molar refractivity (Wildman–Crippen MR) is 84.4 cm³/mol. The molecule has 1 atom stereocenters. The summed E-state index contributed by atoms with van der Waals surface area (Å²) < 4.78 is 6.03. The molecule has 1 aliphatic rings. The summed E-state index contributed by atoms with van der Waals surface area (Å²) in [5, 5.41) is 1.58. The van der Waals surface area contributed by atoms with Gasteiger partial charge in [0.25, 0.3) is 0 Å². The van der Waals surface area contributed by atoms with E-state index in [1.807, 2.05) is 6.07 Å². The zero-order chi connectivity index (χ0) is 15.0. The molecule has 0 unspecified atom stereocenters. The van der Waals surface area contributed by atoms with Crippen LogP contribution in [-0.4, -0.2) is 19.1 Å². The van der Waals surface area contributed by atoms with Crippen molar-refractivity contribution in [3.8, 4) is 0 Å². The Morgan fingerprint density at radius 1 is 1.25 bits per heavy atom. The Hall–Kier alpha value is -1.10. The standard InChI is InChI=1S/C16H25NO2Si/c1-13-15(14-10-8-7-9-11-14)12-16(2,3)18-17(13)19-20(4,5)6/h7-11,15H,1,12H2,2-6H3/t15-/m0/s1. The van der Waals surface area contributed by atoms with Crippen LogP contribution in [0.25, 0.3) is 0 Å². The molecule has 20 heavy (non-hydrogen) atoms. The highest BCUT2D eigenvalue weighted by atomic mass is 28.4. The Kier molecular flexibility index (Phi) is 4.09. The van der Waals surface area contributed by atoms with Gasteiger partial charge in [0.1, 0.15) is 0 Å². The first-order chi connectivity index (χ1) is 9.18. The quantitative estimate of drug-likeness (QED) is 0.767. The molecule has 0 spiro atoms. The number of nitrogens with zero attached hydrogens (tertiary/aromatic N) is 1. The first-order valence-electron chi connectivity index (χ1n) is 7.10. The van der Waals surface area contributed by atoms with Crippen molar-refractivity contribution in [3.05, 3.63) is 48.2 Å². The zero-order valence-corrected chi connectivity index (χ0v) is 14.1. The fraction of sp³-hybridized carbons (Fsp3) is 0.500. The number of hydrogen-bond donors (Lipinski definition) is 0. The van der Waals surface area contributed by atoms with Crippen molar-refractivity contribution >= 4 is 8.32 Å². The highest BCUT2D eigenvalue weighted by molar-refractivity contribution is 6.69. The lowest BCUT2D eigenvalue weighted by atomic mass is 9.85. The SMILES string of the molecule is C=C1[C@@H](c2ccccc2)CC(C)(C)ON1O[Si](C)(C)C. The smallest absolute Gasteiger partial charge is 0.223 e. The van der Waals surface area contributed by atoms with Crippen molar-refractivity contribution < 1.29 is 9.36 Å². The van der Waals surface area contributed by atoms with E-state index < -0.39 is 8.32 Å². The normalized spacial score (nSPS) is 22.9. The maximum absolute atomic E-state index is 6.03. The molecule has 2 rings (SSSR count). The molecule has 0 bridgehead atoms. The molecule has 1 heterocycles. The first kappa shape index (κ1) is 15.3. The van der Waals surface area contributed by atoms with Crippen LogP contribution in [0, 0.1) is 0 Å². The van der Waals surface area contributed by atoms with Gasteiger partial charge in [-0.05, 0) is 45.5 Å². The predicted octanol–water partition coefficient (Wildman–Crippen LogP) is 4.47. The van der Waals surface area contributed by atoms with Crippen molar-refractivity contribution in [2.24, 2.45) is 0 Å². The van der Waals surface area contributed by atoms with E-state index >= 15 is 0 Å². The summed E-state index contributed by atoms with van der Waals surface area (Å²) in [7, 11) is -1.74. The number of hydrogen-bond acceptors (Lipinski definition) is 3. The fourth-order valence-corrected chi connectivity index (χ4v) is 3.03.